The summed E-state index contributed by atoms with van der Waals surface area (Å²) in [5, 5.41) is 15.6. The van der Waals surface area contributed by atoms with Gasteiger partial charge in [-0.3, -0.25) is 0 Å². The number of hydrogen-bond donors (Lipinski definition) is 1. The van der Waals surface area contributed by atoms with Gasteiger partial charge in [0.15, 0.2) is 11.5 Å². The molecule has 102 valence electrons. The Morgan fingerprint density at radius 2 is 2.37 bits per heavy atom. The van der Waals surface area contributed by atoms with E-state index in [1.54, 1.807) is 0 Å². The summed E-state index contributed by atoms with van der Waals surface area (Å²) in [5.41, 5.74) is 0.643. The molecule has 0 unspecified atom stereocenters. The second-order valence-electron chi connectivity index (χ2n) is 5.20. The molecule has 0 bridgehead atoms. The Balaban J connectivity index is 1.79. The van der Waals surface area contributed by atoms with Crippen molar-refractivity contribution in [2.75, 3.05) is 13.1 Å². The zero-order chi connectivity index (χ0) is 13.2. The van der Waals surface area contributed by atoms with Gasteiger partial charge in [-0.15, -0.1) is 5.10 Å². The summed E-state index contributed by atoms with van der Waals surface area (Å²) in [6.45, 7) is 6.07. The molecule has 0 radical (unpaired) electrons. The first kappa shape index (κ1) is 12.3. The molecule has 0 amide bonds. The first-order valence-corrected chi connectivity index (χ1v) is 6.70. The smallest absolute Gasteiger partial charge is 0.280 e. The minimum absolute atomic E-state index is 0.245. The first-order chi connectivity index (χ1) is 9.24. The number of rotatable bonds is 3. The zero-order valence-corrected chi connectivity index (χ0v) is 11.2. The van der Waals surface area contributed by atoms with Crippen LogP contribution in [0.5, 0.6) is 0 Å². The highest BCUT2D eigenvalue weighted by Crippen LogP contribution is 2.20. The van der Waals surface area contributed by atoms with Gasteiger partial charge in [-0.1, -0.05) is 24.2 Å². The second-order valence-corrected chi connectivity index (χ2v) is 5.20. The molecule has 2 aromatic heterocycles. The van der Waals surface area contributed by atoms with Crippen molar-refractivity contribution in [3.05, 3.63) is 12.0 Å². The summed E-state index contributed by atoms with van der Waals surface area (Å²) in [6.07, 6.45) is 4.17. The van der Waals surface area contributed by atoms with E-state index in [-0.39, 0.29) is 5.92 Å². The number of piperidine rings is 1. The Bertz CT molecular complexity index is 540. The number of nitrogens with zero attached hydrogens (tertiary/aromatic N) is 5. The van der Waals surface area contributed by atoms with E-state index >= 15 is 0 Å². The van der Waals surface area contributed by atoms with Crippen LogP contribution >= 0.6 is 0 Å². The van der Waals surface area contributed by atoms with Crippen LogP contribution < -0.4 is 5.32 Å². The van der Waals surface area contributed by atoms with Gasteiger partial charge in [-0.05, 0) is 19.4 Å². The van der Waals surface area contributed by atoms with Gasteiger partial charge in [0.25, 0.3) is 5.89 Å². The molecule has 3 rings (SSSR count). The van der Waals surface area contributed by atoms with Crippen molar-refractivity contribution in [3.63, 3.8) is 0 Å². The number of aromatic nitrogens is 5. The summed E-state index contributed by atoms with van der Waals surface area (Å²) in [5.74, 6) is 1.39. The lowest BCUT2D eigenvalue weighted by Crippen LogP contribution is -2.31. The van der Waals surface area contributed by atoms with Gasteiger partial charge in [-0.25, -0.2) is 4.68 Å². The summed E-state index contributed by atoms with van der Waals surface area (Å²) in [7, 11) is 0. The molecule has 7 nitrogen and oxygen atoms in total. The van der Waals surface area contributed by atoms with E-state index in [0.29, 0.717) is 23.5 Å². The summed E-state index contributed by atoms with van der Waals surface area (Å²) >= 11 is 0. The zero-order valence-electron chi connectivity index (χ0n) is 11.2. The van der Waals surface area contributed by atoms with Crippen LogP contribution in [0, 0.1) is 0 Å². The van der Waals surface area contributed by atoms with Crippen LogP contribution in [-0.2, 0) is 0 Å². The molecule has 3 heterocycles. The van der Waals surface area contributed by atoms with Crippen molar-refractivity contribution in [3.8, 4) is 11.6 Å². The van der Waals surface area contributed by atoms with Crippen molar-refractivity contribution < 1.29 is 4.52 Å². The lowest BCUT2D eigenvalue weighted by Gasteiger charge is -2.22. The summed E-state index contributed by atoms with van der Waals surface area (Å²) in [4.78, 5) is 4.33. The molecule has 0 aromatic carbocycles. The van der Waals surface area contributed by atoms with Gasteiger partial charge in [0.1, 0.15) is 0 Å². The minimum atomic E-state index is 0.245. The highest BCUT2D eigenvalue weighted by molar-refractivity contribution is 5.43. The van der Waals surface area contributed by atoms with Crippen LogP contribution in [0.25, 0.3) is 11.6 Å². The van der Waals surface area contributed by atoms with E-state index in [2.05, 4.69) is 25.8 Å². The average molecular weight is 262 g/mol. The van der Waals surface area contributed by atoms with Gasteiger partial charge < -0.3 is 9.84 Å². The van der Waals surface area contributed by atoms with Gasteiger partial charge in [0, 0.05) is 12.5 Å². The van der Waals surface area contributed by atoms with Gasteiger partial charge >= 0.3 is 0 Å². The Kier molecular flexibility index (Phi) is 3.29. The van der Waals surface area contributed by atoms with Crippen molar-refractivity contribution in [1.82, 2.24) is 30.5 Å². The van der Waals surface area contributed by atoms with Crippen LogP contribution in [0.4, 0.5) is 0 Å². The highest BCUT2D eigenvalue weighted by Gasteiger charge is 2.19. The molecule has 19 heavy (non-hydrogen) atoms. The topological polar surface area (TPSA) is 81.7 Å². The number of hydrogen-bond acceptors (Lipinski definition) is 6. The summed E-state index contributed by atoms with van der Waals surface area (Å²) in [6, 6.07) is 0.363. The average Bonchev–Trinajstić information content (AvgIpc) is 3.09. The standard InChI is InChI=1S/C12H18N6O/c1-8(2)11-14-12(19-16-11)10-7-18(17-15-10)9-4-3-5-13-6-9/h7-9,13H,3-6H2,1-2H3/t9-/m1/s1. The van der Waals surface area contributed by atoms with Crippen LogP contribution in [0.2, 0.25) is 0 Å². The largest absolute Gasteiger partial charge is 0.332 e. The molecule has 1 N–H and O–H groups in total. The maximum absolute atomic E-state index is 5.22. The van der Waals surface area contributed by atoms with E-state index in [1.807, 2.05) is 24.7 Å². The first-order valence-electron chi connectivity index (χ1n) is 6.70. The van der Waals surface area contributed by atoms with E-state index in [1.165, 1.54) is 0 Å². The Hall–Kier alpha value is -1.76. The molecule has 0 saturated carbocycles. The third-order valence-corrected chi connectivity index (χ3v) is 3.33. The monoisotopic (exact) mass is 262 g/mol. The fraction of sp³-hybridized carbons (Fsp3) is 0.667. The lowest BCUT2D eigenvalue weighted by molar-refractivity contribution is 0.341. The van der Waals surface area contributed by atoms with Gasteiger partial charge in [0.2, 0.25) is 0 Å². The van der Waals surface area contributed by atoms with Crippen LogP contribution in [-0.4, -0.2) is 38.2 Å². The fourth-order valence-electron chi connectivity index (χ4n) is 2.19. The third-order valence-electron chi connectivity index (χ3n) is 3.33. The van der Waals surface area contributed by atoms with Crippen LogP contribution in [0.3, 0.4) is 0 Å². The van der Waals surface area contributed by atoms with Crippen LogP contribution in [0.15, 0.2) is 10.7 Å². The van der Waals surface area contributed by atoms with Gasteiger partial charge in [0.05, 0.1) is 12.2 Å². The van der Waals surface area contributed by atoms with E-state index in [9.17, 15) is 0 Å². The van der Waals surface area contributed by atoms with Crippen molar-refractivity contribution in [2.24, 2.45) is 0 Å². The fourth-order valence-corrected chi connectivity index (χ4v) is 2.19. The third kappa shape index (κ3) is 2.51. The maximum atomic E-state index is 5.22. The highest BCUT2D eigenvalue weighted by atomic mass is 16.5. The maximum Gasteiger partial charge on any atom is 0.280 e. The molecule has 1 aliphatic rings. The number of nitrogens with one attached hydrogen (secondary N) is 1. The Morgan fingerprint density at radius 1 is 1.47 bits per heavy atom. The molecule has 1 aliphatic heterocycles. The predicted octanol–water partition coefficient (Wildman–Crippen LogP) is 1.38. The Labute approximate surface area is 111 Å². The second kappa shape index (κ2) is 5.08. The van der Waals surface area contributed by atoms with E-state index in [0.717, 1.165) is 25.9 Å². The SMILES string of the molecule is CC(C)c1noc(-c2cn([C@@H]3CCCNC3)nn2)n1. The van der Waals surface area contributed by atoms with Crippen molar-refractivity contribution in [2.45, 2.75) is 38.6 Å². The minimum Gasteiger partial charge on any atom is -0.332 e. The molecule has 0 spiro atoms. The lowest BCUT2D eigenvalue weighted by atomic mass is 10.1. The van der Waals surface area contributed by atoms with Crippen LogP contribution in [0.1, 0.15) is 44.5 Å². The molecule has 1 saturated heterocycles. The van der Waals surface area contributed by atoms with Gasteiger partial charge in [-0.2, -0.15) is 4.98 Å². The molecule has 7 heteroatoms. The molecule has 2 aromatic rings. The normalized spacial score (nSPS) is 20.1. The van der Waals surface area contributed by atoms with E-state index in [4.69, 9.17) is 4.52 Å². The summed E-state index contributed by atoms with van der Waals surface area (Å²) < 4.78 is 7.11. The molecule has 0 aliphatic carbocycles. The molecule has 1 atom stereocenters. The van der Waals surface area contributed by atoms with E-state index < -0.39 is 0 Å². The van der Waals surface area contributed by atoms with Crippen molar-refractivity contribution >= 4 is 0 Å². The Morgan fingerprint density at radius 3 is 3.05 bits per heavy atom. The predicted molar refractivity (Wildman–Crippen MR) is 68.5 cm³/mol. The molecular formula is C12H18N6O. The van der Waals surface area contributed by atoms with Crippen molar-refractivity contribution in [1.29, 1.82) is 0 Å². The molecule has 1 fully saturated rings. The molecular weight excluding hydrogens is 244 g/mol. The quantitative estimate of drug-likeness (QED) is 0.899.